The monoisotopic (exact) mass is 538 g/mol. The second-order valence-electron chi connectivity index (χ2n) is 9.88. The number of ether oxygens (including phenoxy) is 3. The molecule has 4 rings (SSSR count). The average molecular weight is 539 g/mol. The summed E-state index contributed by atoms with van der Waals surface area (Å²) in [7, 11) is 3.23. The number of fused-ring (bicyclic) bond motifs is 1. The molecule has 1 aromatic heterocycles. The zero-order valence-corrected chi connectivity index (χ0v) is 23.2. The van der Waals surface area contributed by atoms with Crippen molar-refractivity contribution in [2.45, 2.75) is 32.9 Å². The first-order chi connectivity index (χ1) is 18.2. The quantitative estimate of drug-likeness (QED) is 0.444. The van der Waals surface area contributed by atoms with Gasteiger partial charge in [-0.1, -0.05) is 12.1 Å². The van der Waals surface area contributed by atoms with Gasteiger partial charge in [0, 0.05) is 49.9 Å². The molecule has 0 unspecified atom stereocenters. The molecule has 0 radical (unpaired) electrons. The van der Waals surface area contributed by atoms with Crippen LogP contribution in [0.2, 0.25) is 0 Å². The molecule has 202 valence electrons. The van der Waals surface area contributed by atoms with Gasteiger partial charge < -0.3 is 34.6 Å². The van der Waals surface area contributed by atoms with E-state index in [0.29, 0.717) is 23.2 Å². The smallest absolute Gasteiger partial charge is 0.407 e. The lowest BCUT2D eigenvalue weighted by atomic mass is 10.2. The maximum absolute atomic E-state index is 11.9. The maximum atomic E-state index is 11.9. The largest absolute Gasteiger partial charge is 0.493 e. The SMILES string of the molecule is COc1cc2ncnc(N3CCN(C(=S)Nc4ccc(CNC(=O)OC(C)(C)C)cc4)CC3)c2cc1OC. The highest BCUT2D eigenvalue weighted by Crippen LogP contribution is 2.35. The normalized spacial score (nSPS) is 13.7. The molecule has 0 aliphatic carbocycles. The van der Waals surface area contributed by atoms with E-state index >= 15 is 0 Å². The minimum Gasteiger partial charge on any atom is -0.493 e. The van der Waals surface area contributed by atoms with Crippen LogP contribution < -0.4 is 25.0 Å². The van der Waals surface area contributed by atoms with Crippen molar-refractivity contribution >= 4 is 45.8 Å². The lowest BCUT2D eigenvalue weighted by Gasteiger charge is -2.37. The summed E-state index contributed by atoms with van der Waals surface area (Å²) in [5.41, 5.74) is 2.13. The molecule has 0 saturated carbocycles. The number of carbonyl (C=O) groups excluding carboxylic acids is 1. The van der Waals surface area contributed by atoms with Gasteiger partial charge in [-0.15, -0.1) is 0 Å². The van der Waals surface area contributed by atoms with E-state index in [-0.39, 0.29) is 0 Å². The van der Waals surface area contributed by atoms with Crippen molar-refractivity contribution in [3.05, 3.63) is 48.3 Å². The number of hydrogen-bond acceptors (Lipinski definition) is 8. The van der Waals surface area contributed by atoms with E-state index in [1.165, 1.54) is 0 Å². The van der Waals surface area contributed by atoms with Crippen molar-refractivity contribution in [3.63, 3.8) is 0 Å². The first-order valence-corrected chi connectivity index (χ1v) is 12.8. The number of benzene rings is 2. The van der Waals surface area contributed by atoms with Crippen LogP contribution in [-0.4, -0.2) is 72.1 Å². The van der Waals surface area contributed by atoms with Crippen molar-refractivity contribution in [1.29, 1.82) is 0 Å². The Morgan fingerprint density at radius 2 is 1.66 bits per heavy atom. The Morgan fingerprint density at radius 3 is 2.29 bits per heavy atom. The fourth-order valence-corrected chi connectivity index (χ4v) is 4.44. The molecular formula is C27H34N6O4S. The predicted octanol–water partition coefficient (Wildman–Crippen LogP) is 4.19. The first kappa shape index (κ1) is 27.2. The first-order valence-electron chi connectivity index (χ1n) is 12.4. The van der Waals surface area contributed by atoms with Gasteiger partial charge in [-0.25, -0.2) is 14.8 Å². The summed E-state index contributed by atoms with van der Waals surface area (Å²) in [4.78, 5) is 25.2. The van der Waals surface area contributed by atoms with Gasteiger partial charge in [0.15, 0.2) is 16.6 Å². The van der Waals surface area contributed by atoms with E-state index < -0.39 is 11.7 Å². The van der Waals surface area contributed by atoms with Gasteiger partial charge in [-0.2, -0.15) is 0 Å². The molecule has 1 saturated heterocycles. The van der Waals surface area contributed by atoms with Gasteiger partial charge in [-0.05, 0) is 56.8 Å². The van der Waals surface area contributed by atoms with Crippen LogP contribution in [0.15, 0.2) is 42.7 Å². The second kappa shape index (κ2) is 11.7. The van der Waals surface area contributed by atoms with Crippen LogP contribution in [0.1, 0.15) is 26.3 Å². The molecular weight excluding hydrogens is 504 g/mol. The molecule has 1 aliphatic heterocycles. The van der Waals surface area contributed by atoms with E-state index in [2.05, 4.69) is 30.4 Å². The Kier molecular flexibility index (Phi) is 8.35. The van der Waals surface area contributed by atoms with Crippen LogP contribution in [0.3, 0.4) is 0 Å². The number of piperazine rings is 1. The Hall–Kier alpha value is -3.86. The zero-order valence-electron chi connectivity index (χ0n) is 22.4. The number of carbonyl (C=O) groups is 1. The standard InChI is InChI=1S/C27H34N6O4S/c1-27(2,3)37-26(34)28-16-18-6-8-19(9-7-18)31-25(38)33-12-10-32(11-13-33)24-20-14-22(35-4)23(36-5)15-21(20)29-17-30-24/h6-9,14-15,17H,10-13,16H2,1-5H3,(H,28,34)(H,31,38). The van der Waals surface area contributed by atoms with E-state index in [9.17, 15) is 4.79 Å². The fourth-order valence-electron chi connectivity index (χ4n) is 4.14. The number of anilines is 2. The molecule has 38 heavy (non-hydrogen) atoms. The van der Waals surface area contributed by atoms with Crippen LogP contribution in [0, 0.1) is 0 Å². The molecule has 0 bridgehead atoms. The fraction of sp³-hybridized carbons (Fsp3) is 0.407. The summed E-state index contributed by atoms with van der Waals surface area (Å²) in [5.74, 6) is 2.15. The van der Waals surface area contributed by atoms with Gasteiger partial charge in [0.05, 0.1) is 19.7 Å². The lowest BCUT2D eigenvalue weighted by molar-refractivity contribution is 0.0523. The number of aromatic nitrogens is 2. The number of alkyl carbamates (subject to hydrolysis) is 1. The number of nitrogens with zero attached hydrogens (tertiary/aromatic N) is 4. The molecule has 0 atom stereocenters. The van der Waals surface area contributed by atoms with Crippen molar-refractivity contribution in [3.8, 4) is 11.5 Å². The highest BCUT2D eigenvalue weighted by molar-refractivity contribution is 7.80. The minimum atomic E-state index is -0.524. The van der Waals surface area contributed by atoms with Crippen LogP contribution in [-0.2, 0) is 11.3 Å². The minimum absolute atomic E-state index is 0.387. The van der Waals surface area contributed by atoms with E-state index in [1.54, 1.807) is 20.5 Å². The van der Waals surface area contributed by atoms with Gasteiger partial charge in [0.1, 0.15) is 17.7 Å². The van der Waals surface area contributed by atoms with Crippen molar-refractivity contribution < 1.29 is 19.0 Å². The lowest BCUT2D eigenvalue weighted by Crippen LogP contribution is -2.50. The number of hydrogen-bond donors (Lipinski definition) is 2. The molecule has 1 aliphatic rings. The second-order valence-corrected chi connectivity index (χ2v) is 10.3. The zero-order chi connectivity index (χ0) is 27.3. The van der Waals surface area contributed by atoms with Gasteiger partial charge in [0.2, 0.25) is 0 Å². The van der Waals surface area contributed by atoms with Crippen molar-refractivity contribution in [1.82, 2.24) is 20.2 Å². The van der Waals surface area contributed by atoms with Gasteiger partial charge in [-0.3, -0.25) is 0 Å². The van der Waals surface area contributed by atoms with E-state index in [4.69, 9.17) is 26.4 Å². The topological polar surface area (TPSA) is 101 Å². The van der Waals surface area contributed by atoms with Gasteiger partial charge >= 0.3 is 6.09 Å². The van der Waals surface area contributed by atoms with E-state index in [1.807, 2.05) is 57.2 Å². The molecule has 2 heterocycles. The summed E-state index contributed by atoms with van der Waals surface area (Å²) in [5, 5.41) is 7.67. The Morgan fingerprint density at radius 1 is 1.00 bits per heavy atom. The molecule has 3 aromatic rings. The summed E-state index contributed by atoms with van der Waals surface area (Å²) < 4.78 is 16.2. The number of thiocarbonyl (C=S) groups is 1. The third-order valence-electron chi connectivity index (χ3n) is 6.03. The molecule has 10 nitrogen and oxygen atoms in total. The Balaban J connectivity index is 1.32. The van der Waals surface area contributed by atoms with Crippen molar-refractivity contribution in [2.24, 2.45) is 0 Å². The third kappa shape index (κ3) is 6.71. The Bertz CT molecular complexity index is 1290. The molecule has 2 aromatic carbocycles. The van der Waals surface area contributed by atoms with Crippen LogP contribution >= 0.6 is 12.2 Å². The number of amides is 1. The summed E-state index contributed by atoms with van der Waals surface area (Å²) in [6.45, 7) is 8.92. The Labute approximate surface area is 228 Å². The molecule has 2 N–H and O–H groups in total. The molecule has 11 heteroatoms. The van der Waals surface area contributed by atoms with Crippen LogP contribution in [0.4, 0.5) is 16.3 Å². The summed E-state index contributed by atoms with van der Waals surface area (Å²) >= 11 is 5.68. The summed E-state index contributed by atoms with van der Waals surface area (Å²) in [6, 6.07) is 11.6. The summed E-state index contributed by atoms with van der Waals surface area (Å²) in [6.07, 6.45) is 1.14. The molecule has 1 fully saturated rings. The number of nitrogens with one attached hydrogen (secondary N) is 2. The molecule has 0 spiro atoms. The highest BCUT2D eigenvalue weighted by atomic mass is 32.1. The maximum Gasteiger partial charge on any atom is 0.407 e. The number of methoxy groups -OCH3 is 2. The van der Waals surface area contributed by atoms with Crippen LogP contribution in [0.5, 0.6) is 11.5 Å². The third-order valence-corrected chi connectivity index (χ3v) is 6.39. The highest BCUT2D eigenvalue weighted by Gasteiger charge is 2.22. The average Bonchev–Trinajstić information content (AvgIpc) is 2.90. The number of rotatable bonds is 6. The van der Waals surface area contributed by atoms with Crippen LogP contribution in [0.25, 0.3) is 10.9 Å². The molecule has 1 amide bonds. The van der Waals surface area contributed by atoms with Gasteiger partial charge in [0.25, 0.3) is 0 Å². The van der Waals surface area contributed by atoms with Crippen molar-refractivity contribution in [2.75, 3.05) is 50.6 Å². The van der Waals surface area contributed by atoms with E-state index in [0.717, 1.165) is 54.2 Å². The predicted molar refractivity (Wildman–Crippen MR) is 152 cm³/mol.